The summed E-state index contributed by atoms with van der Waals surface area (Å²) in [7, 11) is 3.18. The average Bonchev–Trinajstić information content (AvgIpc) is 2.67. The molecule has 0 saturated carbocycles. The van der Waals surface area contributed by atoms with Crippen LogP contribution in [-0.2, 0) is 11.2 Å². The first-order valence-corrected chi connectivity index (χ1v) is 8.36. The van der Waals surface area contributed by atoms with Crippen LogP contribution in [0.15, 0.2) is 36.4 Å². The molecule has 6 nitrogen and oxygen atoms in total. The van der Waals surface area contributed by atoms with Crippen LogP contribution < -0.4 is 20.1 Å². The number of ether oxygens (including phenoxy) is 2. The summed E-state index contributed by atoms with van der Waals surface area (Å²) in [6.07, 6.45) is 0.672. The summed E-state index contributed by atoms with van der Waals surface area (Å²) >= 11 is 5.88. The van der Waals surface area contributed by atoms with Crippen LogP contribution in [0.1, 0.15) is 11.1 Å². The SMILES string of the molecule is COc1ccc(CCNC(=O)CNc2ccc(Cl)c(C#N)c2)cc1OC. The lowest BCUT2D eigenvalue weighted by atomic mass is 10.1. The number of methoxy groups -OCH3 is 2. The Morgan fingerprint density at radius 1 is 1.15 bits per heavy atom. The highest BCUT2D eigenvalue weighted by Gasteiger charge is 2.06. The molecule has 2 aromatic rings. The van der Waals surface area contributed by atoms with E-state index in [0.29, 0.717) is 40.7 Å². The Balaban J connectivity index is 1.80. The van der Waals surface area contributed by atoms with Crippen molar-refractivity contribution < 1.29 is 14.3 Å². The molecule has 0 atom stereocenters. The van der Waals surface area contributed by atoms with Crippen LogP contribution in [0.3, 0.4) is 0 Å². The van der Waals surface area contributed by atoms with Crippen molar-refractivity contribution in [3.05, 3.63) is 52.5 Å². The highest BCUT2D eigenvalue weighted by Crippen LogP contribution is 2.27. The minimum Gasteiger partial charge on any atom is -0.493 e. The summed E-state index contributed by atoms with van der Waals surface area (Å²) in [5.74, 6) is 1.19. The van der Waals surface area contributed by atoms with E-state index in [0.717, 1.165) is 5.56 Å². The molecular weight excluding hydrogens is 354 g/mol. The molecule has 0 aliphatic rings. The number of hydrogen-bond acceptors (Lipinski definition) is 5. The van der Waals surface area contributed by atoms with E-state index in [1.807, 2.05) is 24.3 Å². The third-order valence-electron chi connectivity index (χ3n) is 3.72. The second-order valence-corrected chi connectivity index (χ2v) is 5.86. The fourth-order valence-corrected chi connectivity index (χ4v) is 2.51. The van der Waals surface area contributed by atoms with Crippen molar-refractivity contribution >= 4 is 23.2 Å². The molecule has 0 aromatic heterocycles. The topological polar surface area (TPSA) is 83.4 Å². The summed E-state index contributed by atoms with van der Waals surface area (Å²) < 4.78 is 10.5. The molecule has 0 spiro atoms. The zero-order valence-electron chi connectivity index (χ0n) is 14.6. The Morgan fingerprint density at radius 3 is 2.62 bits per heavy atom. The van der Waals surface area contributed by atoms with Crippen LogP contribution >= 0.6 is 11.6 Å². The largest absolute Gasteiger partial charge is 0.493 e. The van der Waals surface area contributed by atoms with Gasteiger partial charge in [0.2, 0.25) is 5.91 Å². The minimum atomic E-state index is -0.140. The quantitative estimate of drug-likeness (QED) is 0.743. The average molecular weight is 374 g/mol. The number of carbonyl (C=O) groups is 1. The molecule has 0 saturated heterocycles. The number of nitrogens with one attached hydrogen (secondary N) is 2. The summed E-state index contributed by atoms with van der Waals surface area (Å²) in [6, 6.07) is 12.6. The number of halogens is 1. The van der Waals surface area contributed by atoms with Crippen LogP contribution in [0, 0.1) is 11.3 Å². The lowest BCUT2D eigenvalue weighted by Gasteiger charge is -2.11. The van der Waals surface area contributed by atoms with E-state index in [1.54, 1.807) is 32.4 Å². The fraction of sp³-hybridized carbons (Fsp3) is 0.263. The van der Waals surface area contributed by atoms with E-state index < -0.39 is 0 Å². The first-order valence-electron chi connectivity index (χ1n) is 7.98. The number of benzene rings is 2. The van der Waals surface area contributed by atoms with E-state index in [2.05, 4.69) is 10.6 Å². The van der Waals surface area contributed by atoms with Crippen LogP contribution in [0.2, 0.25) is 5.02 Å². The van der Waals surface area contributed by atoms with Crippen molar-refractivity contribution in [3.63, 3.8) is 0 Å². The maximum atomic E-state index is 11.9. The van der Waals surface area contributed by atoms with E-state index in [4.69, 9.17) is 26.3 Å². The zero-order valence-corrected chi connectivity index (χ0v) is 15.4. The summed E-state index contributed by atoms with van der Waals surface area (Å²) in [4.78, 5) is 11.9. The molecule has 0 unspecified atom stereocenters. The molecule has 0 aliphatic heterocycles. The molecule has 1 amide bonds. The van der Waals surface area contributed by atoms with Gasteiger partial charge in [-0.25, -0.2) is 0 Å². The molecule has 0 bridgehead atoms. The Kier molecular flexibility index (Phi) is 7.12. The molecule has 0 aliphatic carbocycles. The highest BCUT2D eigenvalue weighted by molar-refractivity contribution is 6.31. The molecule has 2 N–H and O–H groups in total. The number of carbonyl (C=O) groups excluding carboxylic acids is 1. The van der Waals surface area contributed by atoms with Gasteiger partial charge in [0.1, 0.15) is 6.07 Å². The number of nitriles is 1. The van der Waals surface area contributed by atoms with Crippen molar-refractivity contribution in [2.24, 2.45) is 0 Å². The van der Waals surface area contributed by atoms with Crippen molar-refractivity contribution in [1.29, 1.82) is 5.26 Å². The molecular formula is C19H20ClN3O3. The van der Waals surface area contributed by atoms with Crippen LogP contribution in [0.25, 0.3) is 0 Å². The van der Waals surface area contributed by atoms with Gasteiger partial charge < -0.3 is 20.1 Å². The Bertz CT molecular complexity index is 818. The standard InChI is InChI=1S/C19H20ClN3O3/c1-25-17-6-3-13(9-18(17)26-2)7-8-22-19(24)12-23-15-4-5-16(20)14(10-15)11-21/h3-6,9-10,23H,7-8,12H2,1-2H3,(H,22,24). The monoisotopic (exact) mass is 373 g/mol. The number of anilines is 1. The van der Waals surface area contributed by atoms with E-state index >= 15 is 0 Å². The van der Waals surface area contributed by atoms with Crippen molar-refractivity contribution in [1.82, 2.24) is 5.32 Å². The lowest BCUT2D eigenvalue weighted by molar-refractivity contribution is -0.119. The van der Waals surface area contributed by atoms with E-state index in [1.165, 1.54) is 0 Å². The minimum absolute atomic E-state index is 0.110. The maximum Gasteiger partial charge on any atom is 0.239 e. The molecule has 2 aromatic carbocycles. The second-order valence-electron chi connectivity index (χ2n) is 5.45. The Hall–Kier alpha value is -2.91. The molecule has 136 valence electrons. The van der Waals surface area contributed by atoms with Crippen molar-refractivity contribution in [3.8, 4) is 17.6 Å². The van der Waals surface area contributed by atoms with Gasteiger partial charge in [0.15, 0.2) is 11.5 Å². The Labute approximate surface area is 157 Å². The Morgan fingerprint density at radius 2 is 1.92 bits per heavy atom. The predicted molar refractivity (Wildman–Crippen MR) is 101 cm³/mol. The normalized spacial score (nSPS) is 9.92. The zero-order chi connectivity index (χ0) is 18.9. The van der Waals surface area contributed by atoms with Gasteiger partial charge in [0.05, 0.1) is 31.4 Å². The molecule has 26 heavy (non-hydrogen) atoms. The summed E-state index contributed by atoms with van der Waals surface area (Å²) in [5.41, 5.74) is 2.07. The molecule has 7 heteroatoms. The van der Waals surface area contributed by atoms with Crippen LogP contribution in [0.4, 0.5) is 5.69 Å². The number of amides is 1. The highest BCUT2D eigenvalue weighted by atomic mass is 35.5. The van der Waals surface area contributed by atoms with Gasteiger partial charge in [-0.05, 0) is 42.3 Å². The number of nitrogens with zero attached hydrogens (tertiary/aromatic N) is 1. The third kappa shape index (κ3) is 5.30. The first kappa shape index (κ1) is 19.4. The van der Waals surface area contributed by atoms with Gasteiger partial charge in [0.25, 0.3) is 0 Å². The van der Waals surface area contributed by atoms with Gasteiger partial charge >= 0.3 is 0 Å². The lowest BCUT2D eigenvalue weighted by Crippen LogP contribution is -2.31. The molecule has 0 radical (unpaired) electrons. The van der Waals surface area contributed by atoms with Crippen LogP contribution in [-0.4, -0.2) is 33.2 Å². The maximum absolute atomic E-state index is 11.9. The van der Waals surface area contributed by atoms with Crippen molar-refractivity contribution in [2.45, 2.75) is 6.42 Å². The third-order valence-corrected chi connectivity index (χ3v) is 4.05. The predicted octanol–water partition coefficient (Wildman–Crippen LogP) is 3.00. The molecule has 0 heterocycles. The van der Waals surface area contributed by atoms with E-state index in [-0.39, 0.29) is 12.5 Å². The molecule has 2 rings (SSSR count). The second kappa shape index (κ2) is 9.54. The summed E-state index contributed by atoms with van der Waals surface area (Å²) in [5, 5.41) is 15.2. The first-order chi connectivity index (χ1) is 12.6. The smallest absolute Gasteiger partial charge is 0.239 e. The fourth-order valence-electron chi connectivity index (χ4n) is 2.35. The summed E-state index contributed by atoms with van der Waals surface area (Å²) in [6.45, 7) is 0.610. The number of rotatable bonds is 8. The van der Waals surface area contributed by atoms with Gasteiger partial charge in [-0.3, -0.25) is 4.79 Å². The van der Waals surface area contributed by atoms with Gasteiger partial charge in [-0.15, -0.1) is 0 Å². The van der Waals surface area contributed by atoms with Gasteiger partial charge in [0, 0.05) is 12.2 Å². The number of hydrogen-bond donors (Lipinski definition) is 2. The molecule has 0 fully saturated rings. The van der Waals surface area contributed by atoms with E-state index in [9.17, 15) is 4.79 Å². The van der Waals surface area contributed by atoms with Gasteiger partial charge in [-0.1, -0.05) is 17.7 Å². The van der Waals surface area contributed by atoms with Crippen molar-refractivity contribution in [2.75, 3.05) is 32.6 Å². The van der Waals surface area contributed by atoms with Gasteiger partial charge in [-0.2, -0.15) is 5.26 Å². The van der Waals surface area contributed by atoms with Crippen LogP contribution in [0.5, 0.6) is 11.5 Å².